The molecule has 79 heavy (non-hydrogen) atoms. The number of guanidine groups is 1. The summed E-state index contributed by atoms with van der Waals surface area (Å²) in [5.74, 6) is -9.35. The molecule has 1 aromatic rings. The predicted molar refractivity (Wildman–Crippen MR) is 289 cm³/mol. The fraction of sp³-hybridized carbons (Fsp3) is 0.720. The number of aliphatic imine (C=N–C) groups is 1. The standard InChI is InChI=1S/C50H88N16O13/c1-7-20-66(25-38(70)71)49(79)39(27(3)8-2)63-44(74)34(17-12-18-51)60-37(69)24-57-47(77)40(29(5)67)65-48(78)41(30(6)68)64-46(76)36(22-32-23-55-26-58-32)62-45(75)35(21-31-14-10-9-11-15-31)61-42(72)28(4)59-43(73)33(52)16-13-19-56-50(53)54/h23,26-31,33-36,39-41,67-68H,7-22,24-25,51-52H2,1-6H3,(H,55,58)(H,57,77)(H,59,73)(H,60,69)(H,61,72)(H,62,75)(H,63,74)(H,64,76)(H,65,78)(H,70,71)(H4,53,54,56)/t27?,28-,29+,30+,33-,34-,35-,36-,39-,40-,41-/m0/s1. The number of carbonyl (C=O) groups is 10. The van der Waals surface area contributed by atoms with Gasteiger partial charge in [-0.25, -0.2) is 4.98 Å². The highest BCUT2D eigenvalue weighted by Crippen LogP contribution is 2.27. The summed E-state index contributed by atoms with van der Waals surface area (Å²) in [6, 6.07) is -10.8. The van der Waals surface area contributed by atoms with E-state index >= 15 is 0 Å². The molecule has 29 heteroatoms. The Bertz CT molecular complexity index is 2170. The van der Waals surface area contributed by atoms with Crippen molar-refractivity contribution >= 4 is 65.1 Å². The van der Waals surface area contributed by atoms with Gasteiger partial charge in [0.2, 0.25) is 53.2 Å². The summed E-state index contributed by atoms with van der Waals surface area (Å²) >= 11 is 0. The summed E-state index contributed by atoms with van der Waals surface area (Å²) in [6.07, 6.45) is 5.55. The Labute approximate surface area is 460 Å². The van der Waals surface area contributed by atoms with E-state index < -0.39 is 139 Å². The number of carbonyl (C=O) groups excluding carboxylic acids is 9. The molecule has 1 aliphatic rings. The van der Waals surface area contributed by atoms with E-state index in [4.69, 9.17) is 22.9 Å². The molecule has 0 spiro atoms. The van der Waals surface area contributed by atoms with Crippen LogP contribution in [0.1, 0.15) is 124 Å². The largest absolute Gasteiger partial charge is 0.480 e. The van der Waals surface area contributed by atoms with Gasteiger partial charge in [0.25, 0.3) is 0 Å². The third kappa shape index (κ3) is 24.7. The number of nitrogens with zero attached hydrogens (tertiary/aromatic N) is 3. The first-order chi connectivity index (χ1) is 37.3. The normalized spacial score (nSPS) is 16.7. The van der Waals surface area contributed by atoms with Crippen molar-refractivity contribution in [2.24, 2.45) is 39.8 Å². The van der Waals surface area contributed by atoms with Gasteiger partial charge in [-0.1, -0.05) is 59.3 Å². The van der Waals surface area contributed by atoms with E-state index in [9.17, 15) is 63.3 Å². The van der Waals surface area contributed by atoms with Crippen LogP contribution in [0.4, 0.5) is 0 Å². The van der Waals surface area contributed by atoms with Crippen molar-refractivity contribution in [1.29, 1.82) is 0 Å². The van der Waals surface area contributed by atoms with Crippen LogP contribution >= 0.6 is 0 Å². The molecular formula is C50H88N16O13. The van der Waals surface area contributed by atoms with Crippen LogP contribution in [0.2, 0.25) is 0 Å². The van der Waals surface area contributed by atoms with Gasteiger partial charge in [-0.05, 0) is 77.7 Å². The summed E-state index contributed by atoms with van der Waals surface area (Å²) in [4.78, 5) is 146. The molecule has 1 fully saturated rings. The molecule has 20 N–H and O–H groups in total. The first kappa shape index (κ1) is 68.1. The minimum Gasteiger partial charge on any atom is -0.480 e. The van der Waals surface area contributed by atoms with E-state index in [1.165, 1.54) is 26.4 Å². The second kappa shape index (κ2) is 35.5. The Morgan fingerprint density at radius 2 is 1.33 bits per heavy atom. The fourth-order valence-corrected chi connectivity index (χ4v) is 8.67. The van der Waals surface area contributed by atoms with E-state index in [2.05, 4.69) is 57.5 Å². The maximum Gasteiger partial charge on any atom is 0.323 e. The van der Waals surface area contributed by atoms with E-state index in [1.54, 1.807) is 20.8 Å². The lowest BCUT2D eigenvalue weighted by Gasteiger charge is -2.31. The SMILES string of the molecule is CCCN(CC(=O)O)C(=O)[C@@H](NC(=O)[C@H](CCCN)NC(=O)CNC(=O)[C@@H](NC(=O)[C@@H](NC(=O)[C@H](Cc1cnc[nH]1)NC(=O)[C@H](CC1CCCCC1)NC(=O)[C@H](C)NC(=O)[C@@H](N)CCCN=C(N)N)[C@@H](C)O)[C@@H](C)O)C(C)CC. The Hall–Kier alpha value is -6.98. The first-order valence-electron chi connectivity index (χ1n) is 27.1. The Balaban J connectivity index is 2.26. The summed E-state index contributed by atoms with van der Waals surface area (Å²) in [5.41, 5.74) is 22.8. The average Bonchev–Trinajstić information content (AvgIpc) is 3.92. The number of imidazole rings is 1. The zero-order valence-corrected chi connectivity index (χ0v) is 46.4. The van der Waals surface area contributed by atoms with Crippen molar-refractivity contribution < 1.29 is 63.3 Å². The Morgan fingerprint density at radius 1 is 0.734 bits per heavy atom. The lowest BCUT2D eigenvalue weighted by Crippen LogP contribution is -2.62. The van der Waals surface area contributed by atoms with Gasteiger partial charge < -0.3 is 90.7 Å². The Kier molecular flexibility index (Phi) is 30.6. The summed E-state index contributed by atoms with van der Waals surface area (Å²) in [6.45, 7) is 8.13. The molecule has 2 rings (SSSR count). The van der Waals surface area contributed by atoms with Gasteiger partial charge in [0.05, 0.1) is 31.1 Å². The average molecular weight is 1120 g/mol. The lowest BCUT2D eigenvalue weighted by atomic mass is 9.84. The number of aliphatic hydroxyl groups excluding tert-OH is 2. The molecule has 0 aliphatic heterocycles. The van der Waals surface area contributed by atoms with E-state index in [1.807, 2.05) is 0 Å². The molecule has 1 saturated carbocycles. The quantitative estimate of drug-likeness (QED) is 0.0172. The molecule has 1 aromatic heterocycles. The molecule has 446 valence electrons. The molecule has 1 heterocycles. The number of aromatic amines is 1. The number of nitrogens with one attached hydrogen (secondary N) is 9. The maximum atomic E-state index is 14.3. The van der Waals surface area contributed by atoms with Gasteiger partial charge in [-0.15, -0.1) is 0 Å². The summed E-state index contributed by atoms with van der Waals surface area (Å²) < 4.78 is 0. The number of H-pyrrole nitrogens is 1. The minimum absolute atomic E-state index is 0.0158. The highest BCUT2D eigenvalue weighted by Gasteiger charge is 2.37. The molecule has 9 amide bonds. The van der Waals surface area contributed by atoms with Crippen molar-refractivity contribution in [3.8, 4) is 0 Å². The molecule has 29 nitrogen and oxygen atoms in total. The highest BCUT2D eigenvalue weighted by atomic mass is 16.4. The third-order valence-corrected chi connectivity index (χ3v) is 13.4. The molecule has 0 saturated heterocycles. The monoisotopic (exact) mass is 1120 g/mol. The van der Waals surface area contributed by atoms with E-state index in [-0.39, 0.29) is 63.6 Å². The fourth-order valence-electron chi connectivity index (χ4n) is 8.67. The number of hydrogen-bond donors (Lipinski definition) is 16. The number of aliphatic carboxylic acids is 1. The topological polar surface area (TPSA) is 476 Å². The van der Waals surface area contributed by atoms with Crippen LogP contribution in [0, 0.1) is 11.8 Å². The number of aromatic nitrogens is 2. The van der Waals surface area contributed by atoms with Crippen LogP contribution in [-0.2, 0) is 54.4 Å². The summed E-state index contributed by atoms with van der Waals surface area (Å²) in [5, 5.41) is 51.0. The zero-order chi connectivity index (χ0) is 59.4. The van der Waals surface area contributed by atoms with Crippen LogP contribution in [0.3, 0.4) is 0 Å². The molecular weight excluding hydrogens is 1030 g/mol. The number of aliphatic hydroxyl groups is 2. The highest BCUT2D eigenvalue weighted by molar-refractivity contribution is 5.98. The number of carboxylic acid groups (broad SMARTS) is 1. The number of rotatable bonds is 36. The van der Waals surface area contributed by atoms with Gasteiger partial charge in [0.1, 0.15) is 48.8 Å². The van der Waals surface area contributed by atoms with Crippen LogP contribution < -0.4 is 65.5 Å². The van der Waals surface area contributed by atoms with Crippen LogP contribution in [0.5, 0.6) is 0 Å². The molecule has 1 aliphatic carbocycles. The first-order valence-corrected chi connectivity index (χ1v) is 27.1. The van der Waals surface area contributed by atoms with E-state index in [0.717, 1.165) is 43.9 Å². The van der Waals surface area contributed by atoms with E-state index in [0.29, 0.717) is 25.0 Å². The van der Waals surface area contributed by atoms with Crippen molar-refractivity contribution in [2.75, 3.05) is 32.7 Å². The lowest BCUT2D eigenvalue weighted by molar-refractivity contribution is -0.146. The number of amides is 9. The molecule has 0 radical (unpaired) electrons. The number of nitrogens with two attached hydrogens (primary N) is 4. The molecule has 11 atom stereocenters. The van der Waals surface area contributed by atoms with Gasteiger partial charge in [0.15, 0.2) is 5.96 Å². The second-order valence-corrected chi connectivity index (χ2v) is 20.2. The molecule has 0 aromatic carbocycles. The number of hydrogen-bond acceptors (Lipinski definition) is 16. The van der Waals surface area contributed by atoms with Crippen molar-refractivity contribution in [3.63, 3.8) is 0 Å². The maximum absolute atomic E-state index is 14.3. The smallest absolute Gasteiger partial charge is 0.323 e. The van der Waals surface area contributed by atoms with Gasteiger partial charge in [0, 0.05) is 31.4 Å². The second-order valence-electron chi connectivity index (χ2n) is 20.2. The minimum atomic E-state index is -1.81. The van der Waals surface area contributed by atoms with Crippen LogP contribution in [0.15, 0.2) is 17.5 Å². The van der Waals surface area contributed by atoms with Gasteiger partial charge in [-0.2, -0.15) is 0 Å². The molecule has 0 bridgehead atoms. The van der Waals surface area contributed by atoms with Crippen LogP contribution in [0.25, 0.3) is 0 Å². The van der Waals surface area contributed by atoms with Crippen molar-refractivity contribution in [2.45, 2.75) is 186 Å². The number of carboxylic acids is 1. The molecule has 1 unspecified atom stereocenters. The Morgan fingerprint density at radius 3 is 1.90 bits per heavy atom. The van der Waals surface area contributed by atoms with Crippen LogP contribution in [-0.4, -0.2) is 189 Å². The third-order valence-electron chi connectivity index (χ3n) is 13.4. The van der Waals surface area contributed by atoms with Crippen molar-refractivity contribution in [1.82, 2.24) is 57.4 Å². The van der Waals surface area contributed by atoms with Gasteiger partial charge >= 0.3 is 5.97 Å². The summed E-state index contributed by atoms with van der Waals surface area (Å²) in [7, 11) is 0. The predicted octanol–water partition coefficient (Wildman–Crippen LogP) is -4.30. The van der Waals surface area contributed by atoms with Crippen molar-refractivity contribution in [3.05, 3.63) is 18.2 Å². The zero-order valence-electron chi connectivity index (χ0n) is 46.4. The van der Waals surface area contributed by atoms with Gasteiger partial charge in [-0.3, -0.25) is 52.9 Å².